The zero-order chi connectivity index (χ0) is 18.9. The van der Waals surface area contributed by atoms with Gasteiger partial charge >= 0.3 is 0 Å². The maximum Gasteiger partial charge on any atom is 0.219 e. The van der Waals surface area contributed by atoms with Crippen molar-refractivity contribution in [1.82, 2.24) is 15.4 Å². The normalized spacial score (nSPS) is 19.7. The number of nitrogens with one attached hydrogen (secondary N) is 1. The molecule has 0 aliphatic carbocycles. The van der Waals surface area contributed by atoms with E-state index in [1.54, 1.807) is 19.1 Å². The maximum atomic E-state index is 13.1. The molecule has 7 heteroatoms. The van der Waals surface area contributed by atoms with E-state index in [-0.39, 0.29) is 17.3 Å². The highest BCUT2D eigenvalue weighted by Crippen LogP contribution is 2.27. The zero-order valence-electron chi connectivity index (χ0n) is 15.4. The highest BCUT2D eigenvalue weighted by atomic mass is 19.1. The SMILES string of the molecule is CC(=O)N1CCC(NC2(Cc3cc(-c4ccc(F)cc4)on3)COC2)CC1. The van der Waals surface area contributed by atoms with Crippen molar-refractivity contribution in [2.45, 2.75) is 37.8 Å². The Labute approximate surface area is 157 Å². The van der Waals surface area contributed by atoms with Gasteiger partial charge in [-0.3, -0.25) is 4.79 Å². The lowest BCUT2D eigenvalue weighted by molar-refractivity contribution is -0.130. The van der Waals surface area contributed by atoms with Gasteiger partial charge in [0.05, 0.1) is 24.4 Å². The van der Waals surface area contributed by atoms with Gasteiger partial charge in [0.25, 0.3) is 0 Å². The first-order valence-electron chi connectivity index (χ1n) is 9.35. The summed E-state index contributed by atoms with van der Waals surface area (Å²) in [4.78, 5) is 13.4. The predicted molar refractivity (Wildman–Crippen MR) is 97.6 cm³/mol. The van der Waals surface area contributed by atoms with Crippen LogP contribution in [0.1, 0.15) is 25.5 Å². The van der Waals surface area contributed by atoms with Crippen LogP contribution in [0.25, 0.3) is 11.3 Å². The van der Waals surface area contributed by atoms with E-state index in [9.17, 15) is 9.18 Å². The number of likely N-dealkylation sites (tertiary alicyclic amines) is 1. The molecule has 6 nitrogen and oxygen atoms in total. The van der Waals surface area contributed by atoms with Gasteiger partial charge in [-0.25, -0.2) is 4.39 Å². The molecule has 1 aromatic heterocycles. The Morgan fingerprint density at radius 3 is 2.59 bits per heavy atom. The summed E-state index contributed by atoms with van der Waals surface area (Å²) in [6, 6.07) is 8.47. The topological polar surface area (TPSA) is 67.6 Å². The van der Waals surface area contributed by atoms with Gasteiger partial charge in [0.2, 0.25) is 5.91 Å². The number of carbonyl (C=O) groups excluding carboxylic acids is 1. The zero-order valence-corrected chi connectivity index (χ0v) is 15.4. The van der Waals surface area contributed by atoms with Crippen molar-refractivity contribution in [3.8, 4) is 11.3 Å². The molecule has 1 amide bonds. The van der Waals surface area contributed by atoms with Crippen molar-refractivity contribution >= 4 is 5.91 Å². The fourth-order valence-electron chi connectivity index (χ4n) is 3.85. The molecule has 2 aliphatic heterocycles. The van der Waals surface area contributed by atoms with Crippen LogP contribution >= 0.6 is 0 Å². The van der Waals surface area contributed by atoms with Crippen molar-refractivity contribution in [2.75, 3.05) is 26.3 Å². The standard InChI is InChI=1S/C20H24FN3O3/c1-14(25)24-8-6-17(7-9-24)22-20(12-26-13-20)11-18-10-19(27-23-18)15-2-4-16(21)5-3-15/h2-5,10,17,22H,6-9,11-13H2,1H3. The van der Waals surface area contributed by atoms with Crippen LogP contribution in [0.2, 0.25) is 0 Å². The number of rotatable bonds is 5. The van der Waals surface area contributed by atoms with Gasteiger partial charge in [-0.1, -0.05) is 5.16 Å². The van der Waals surface area contributed by atoms with E-state index in [1.807, 2.05) is 11.0 Å². The number of piperidine rings is 1. The van der Waals surface area contributed by atoms with E-state index in [0.717, 1.165) is 37.2 Å². The molecule has 0 atom stereocenters. The summed E-state index contributed by atoms with van der Waals surface area (Å²) in [5.74, 6) is 0.505. The van der Waals surface area contributed by atoms with E-state index in [1.165, 1.54) is 12.1 Å². The molecule has 2 aliphatic rings. The fourth-order valence-corrected chi connectivity index (χ4v) is 3.85. The predicted octanol–water partition coefficient (Wildman–Crippen LogP) is 2.39. The molecule has 27 heavy (non-hydrogen) atoms. The third-order valence-electron chi connectivity index (χ3n) is 5.41. The molecule has 1 N–H and O–H groups in total. The van der Waals surface area contributed by atoms with Gasteiger partial charge in [0.1, 0.15) is 5.82 Å². The third-order valence-corrected chi connectivity index (χ3v) is 5.41. The summed E-state index contributed by atoms with van der Waals surface area (Å²) >= 11 is 0. The molecule has 0 bridgehead atoms. The fraction of sp³-hybridized carbons (Fsp3) is 0.500. The van der Waals surface area contributed by atoms with Gasteiger partial charge in [-0.05, 0) is 37.1 Å². The largest absolute Gasteiger partial charge is 0.377 e. The number of amides is 1. The molecule has 0 radical (unpaired) electrons. The van der Waals surface area contributed by atoms with E-state index >= 15 is 0 Å². The van der Waals surface area contributed by atoms with Gasteiger partial charge in [0.15, 0.2) is 5.76 Å². The van der Waals surface area contributed by atoms with E-state index in [0.29, 0.717) is 31.4 Å². The van der Waals surface area contributed by atoms with Crippen LogP contribution in [0.3, 0.4) is 0 Å². The monoisotopic (exact) mass is 373 g/mol. The first-order chi connectivity index (χ1) is 13.0. The molecule has 3 heterocycles. The number of hydrogen-bond acceptors (Lipinski definition) is 5. The average molecular weight is 373 g/mol. The lowest BCUT2D eigenvalue weighted by Crippen LogP contribution is -2.65. The van der Waals surface area contributed by atoms with Crippen LogP contribution in [0.15, 0.2) is 34.9 Å². The number of nitrogens with zero attached hydrogens (tertiary/aromatic N) is 2. The summed E-state index contributed by atoms with van der Waals surface area (Å²) in [6.07, 6.45) is 2.60. The average Bonchev–Trinajstić information content (AvgIpc) is 3.09. The molecule has 1 aromatic carbocycles. The molecule has 0 spiro atoms. The van der Waals surface area contributed by atoms with Crippen LogP contribution in [0.5, 0.6) is 0 Å². The molecule has 4 rings (SSSR count). The molecule has 0 saturated carbocycles. The van der Waals surface area contributed by atoms with Crippen molar-refractivity contribution in [3.63, 3.8) is 0 Å². The Hall–Kier alpha value is -2.25. The number of benzene rings is 1. The number of halogens is 1. The Morgan fingerprint density at radius 1 is 1.30 bits per heavy atom. The van der Waals surface area contributed by atoms with Crippen molar-refractivity contribution in [1.29, 1.82) is 0 Å². The van der Waals surface area contributed by atoms with Gasteiger partial charge in [-0.15, -0.1) is 0 Å². The first kappa shape index (κ1) is 18.1. The smallest absolute Gasteiger partial charge is 0.219 e. The quantitative estimate of drug-likeness (QED) is 0.872. The van der Waals surface area contributed by atoms with Gasteiger partial charge < -0.3 is 19.5 Å². The second-order valence-corrected chi connectivity index (χ2v) is 7.56. The van der Waals surface area contributed by atoms with Crippen molar-refractivity contribution in [2.24, 2.45) is 0 Å². The van der Waals surface area contributed by atoms with E-state index in [4.69, 9.17) is 9.26 Å². The second kappa shape index (κ2) is 7.40. The Morgan fingerprint density at radius 2 is 2.00 bits per heavy atom. The van der Waals surface area contributed by atoms with Crippen LogP contribution in [-0.2, 0) is 16.0 Å². The summed E-state index contributed by atoms with van der Waals surface area (Å²) in [6.45, 7) is 4.49. The van der Waals surface area contributed by atoms with E-state index in [2.05, 4.69) is 10.5 Å². The summed E-state index contributed by atoms with van der Waals surface area (Å²) in [5, 5.41) is 7.93. The minimum atomic E-state index is -0.274. The van der Waals surface area contributed by atoms with Crippen LogP contribution in [-0.4, -0.2) is 53.8 Å². The van der Waals surface area contributed by atoms with Crippen LogP contribution in [0, 0.1) is 5.82 Å². The van der Waals surface area contributed by atoms with Crippen molar-refractivity contribution < 1.29 is 18.4 Å². The summed E-state index contributed by atoms with van der Waals surface area (Å²) < 4.78 is 24.0. The Balaban J connectivity index is 1.39. The number of aromatic nitrogens is 1. The van der Waals surface area contributed by atoms with Crippen LogP contribution < -0.4 is 5.32 Å². The second-order valence-electron chi connectivity index (χ2n) is 7.56. The third kappa shape index (κ3) is 4.04. The Kier molecular flexibility index (Phi) is 4.97. The van der Waals surface area contributed by atoms with E-state index < -0.39 is 0 Å². The summed E-state index contributed by atoms with van der Waals surface area (Å²) in [7, 11) is 0. The lowest BCUT2D eigenvalue weighted by Gasteiger charge is -2.46. The highest BCUT2D eigenvalue weighted by molar-refractivity contribution is 5.73. The number of carbonyl (C=O) groups is 1. The van der Waals surface area contributed by atoms with Gasteiger partial charge in [0, 0.05) is 44.1 Å². The minimum absolute atomic E-state index is 0.139. The summed E-state index contributed by atoms with van der Waals surface area (Å²) in [5.41, 5.74) is 1.52. The molecule has 2 fully saturated rings. The Bertz CT molecular complexity index is 793. The number of hydrogen-bond donors (Lipinski definition) is 1. The van der Waals surface area contributed by atoms with Crippen molar-refractivity contribution in [3.05, 3.63) is 41.8 Å². The van der Waals surface area contributed by atoms with Crippen LogP contribution in [0.4, 0.5) is 4.39 Å². The first-order valence-corrected chi connectivity index (χ1v) is 9.35. The molecule has 2 saturated heterocycles. The molecular formula is C20H24FN3O3. The number of ether oxygens (including phenoxy) is 1. The maximum absolute atomic E-state index is 13.1. The lowest BCUT2D eigenvalue weighted by atomic mass is 9.88. The molecule has 144 valence electrons. The van der Waals surface area contributed by atoms with Gasteiger partial charge in [-0.2, -0.15) is 0 Å². The minimum Gasteiger partial charge on any atom is -0.377 e. The molecular weight excluding hydrogens is 349 g/mol. The molecule has 2 aromatic rings. The highest BCUT2D eigenvalue weighted by Gasteiger charge is 2.41. The molecule has 0 unspecified atom stereocenters.